The molecule has 0 spiro atoms. The molecule has 23 heavy (non-hydrogen) atoms. The first-order valence-corrected chi connectivity index (χ1v) is 9.16. The highest BCUT2D eigenvalue weighted by atomic mass is 35.5. The van der Waals surface area contributed by atoms with Gasteiger partial charge in [0.2, 0.25) is 0 Å². The van der Waals surface area contributed by atoms with Gasteiger partial charge < -0.3 is 5.32 Å². The van der Waals surface area contributed by atoms with Gasteiger partial charge in [0.25, 0.3) is 0 Å². The lowest BCUT2D eigenvalue weighted by Crippen LogP contribution is -2.04. The third kappa shape index (κ3) is 2.80. The Morgan fingerprint density at radius 1 is 1.22 bits per heavy atom. The van der Waals surface area contributed by atoms with Gasteiger partial charge >= 0.3 is 0 Å². The summed E-state index contributed by atoms with van der Waals surface area (Å²) in [6, 6.07) is 5.57. The second-order valence-electron chi connectivity index (χ2n) is 5.75. The van der Waals surface area contributed by atoms with E-state index in [9.17, 15) is 0 Å². The largest absolute Gasteiger partial charge is 0.365 e. The summed E-state index contributed by atoms with van der Waals surface area (Å²) < 4.78 is 0. The van der Waals surface area contributed by atoms with E-state index in [2.05, 4.69) is 15.3 Å². The van der Waals surface area contributed by atoms with Gasteiger partial charge in [-0.25, -0.2) is 9.97 Å². The van der Waals surface area contributed by atoms with Crippen molar-refractivity contribution in [3.63, 3.8) is 0 Å². The maximum absolute atomic E-state index is 6.26. The quantitative estimate of drug-likeness (QED) is 0.676. The summed E-state index contributed by atoms with van der Waals surface area (Å²) in [5.41, 5.74) is 2.43. The van der Waals surface area contributed by atoms with Gasteiger partial charge in [0.1, 0.15) is 16.5 Å². The Balaban J connectivity index is 1.71. The lowest BCUT2D eigenvalue weighted by molar-refractivity contribution is 0.916. The summed E-state index contributed by atoms with van der Waals surface area (Å²) in [4.78, 5) is 11.8. The van der Waals surface area contributed by atoms with Crippen molar-refractivity contribution in [3.05, 3.63) is 50.1 Å². The van der Waals surface area contributed by atoms with Crippen LogP contribution in [-0.2, 0) is 19.4 Å². The highest BCUT2D eigenvalue weighted by Crippen LogP contribution is 2.39. The van der Waals surface area contributed by atoms with Gasteiger partial charge in [-0.15, -0.1) is 11.3 Å². The number of nitrogens with one attached hydrogen (secondary N) is 1. The zero-order valence-corrected chi connectivity index (χ0v) is 14.9. The van der Waals surface area contributed by atoms with Crippen molar-refractivity contribution in [3.8, 4) is 0 Å². The van der Waals surface area contributed by atoms with Gasteiger partial charge in [-0.2, -0.15) is 0 Å². The molecule has 0 unspecified atom stereocenters. The van der Waals surface area contributed by atoms with Crippen LogP contribution < -0.4 is 5.32 Å². The second-order valence-corrected chi connectivity index (χ2v) is 7.67. The van der Waals surface area contributed by atoms with Gasteiger partial charge in [0, 0.05) is 21.5 Å². The van der Waals surface area contributed by atoms with Crippen molar-refractivity contribution in [1.82, 2.24) is 9.97 Å². The lowest BCUT2D eigenvalue weighted by Gasteiger charge is -2.10. The number of thiophene rings is 1. The molecule has 1 aliphatic rings. The molecule has 0 atom stereocenters. The third-order valence-electron chi connectivity index (χ3n) is 4.14. The number of halogens is 2. The SMILES string of the molecule is Cc1nc(NCc2ccc(Cl)cc2Cl)c2c3c(sc2n1)CCC3. The standard InChI is InChI=1S/C17H15Cl2N3S/c1-9-21-16(20-8-10-5-6-11(18)7-13(10)19)15-12-3-2-4-14(12)23-17(15)22-9/h5-7H,2-4,8H2,1H3,(H,20,21,22). The number of hydrogen-bond donors (Lipinski definition) is 1. The maximum Gasteiger partial charge on any atom is 0.139 e. The van der Waals surface area contributed by atoms with E-state index in [1.54, 1.807) is 17.4 Å². The summed E-state index contributed by atoms with van der Waals surface area (Å²) in [7, 11) is 0. The smallest absolute Gasteiger partial charge is 0.139 e. The Morgan fingerprint density at radius 3 is 2.91 bits per heavy atom. The zero-order chi connectivity index (χ0) is 16.0. The van der Waals surface area contributed by atoms with Gasteiger partial charge in [0.15, 0.2) is 0 Å². The molecule has 0 radical (unpaired) electrons. The molecule has 2 heterocycles. The Hall–Kier alpha value is -1.36. The summed E-state index contributed by atoms with van der Waals surface area (Å²) in [5.74, 6) is 1.71. The molecule has 1 N–H and O–H groups in total. The average Bonchev–Trinajstić information content (AvgIpc) is 3.06. The molecule has 0 fully saturated rings. The molecular formula is C17H15Cl2N3S. The molecule has 6 heteroatoms. The Morgan fingerprint density at radius 2 is 2.09 bits per heavy atom. The van der Waals surface area contributed by atoms with Gasteiger partial charge in [-0.05, 0) is 49.4 Å². The van der Waals surface area contributed by atoms with Gasteiger partial charge in [-0.1, -0.05) is 29.3 Å². The number of fused-ring (bicyclic) bond motifs is 3. The minimum Gasteiger partial charge on any atom is -0.365 e. The number of nitrogens with zero attached hydrogens (tertiary/aromatic N) is 2. The average molecular weight is 364 g/mol. The van der Waals surface area contributed by atoms with E-state index in [4.69, 9.17) is 23.2 Å². The Labute approximate surface area is 148 Å². The molecule has 0 amide bonds. The van der Waals surface area contributed by atoms with Gasteiger partial charge in [0.05, 0.1) is 5.39 Å². The molecule has 3 aromatic rings. The maximum atomic E-state index is 6.26. The second kappa shape index (κ2) is 5.93. The lowest BCUT2D eigenvalue weighted by atomic mass is 10.1. The van der Waals surface area contributed by atoms with E-state index in [-0.39, 0.29) is 0 Å². The van der Waals surface area contributed by atoms with Crippen molar-refractivity contribution in [2.75, 3.05) is 5.32 Å². The van der Waals surface area contributed by atoms with Crippen LogP contribution in [-0.4, -0.2) is 9.97 Å². The van der Waals surface area contributed by atoms with Crippen LogP contribution in [0.15, 0.2) is 18.2 Å². The third-order valence-corrected chi connectivity index (χ3v) is 5.91. The van der Waals surface area contributed by atoms with Crippen LogP contribution in [0.25, 0.3) is 10.2 Å². The fourth-order valence-corrected chi connectivity index (χ4v) is 4.86. The highest BCUT2D eigenvalue weighted by molar-refractivity contribution is 7.19. The summed E-state index contributed by atoms with van der Waals surface area (Å²) in [5, 5.41) is 5.96. The summed E-state index contributed by atoms with van der Waals surface area (Å²) >= 11 is 14.0. The Bertz CT molecular complexity index is 904. The summed E-state index contributed by atoms with van der Waals surface area (Å²) in [6.07, 6.45) is 3.52. The fourth-order valence-electron chi connectivity index (χ4n) is 3.07. The number of aryl methyl sites for hydroxylation is 3. The predicted molar refractivity (Wildman–Crippen MR) is 98.0 cm³/mol. The molecule has 0 saturated carbocycles. The highest BCUT2D eigenvalue weighted by Gasteiger charge is 2.21. The van der Waals surface area contributed by atoms with Crippen LogP contribution in [0.1, 0.15) is 28.2 Å². The molecule has 0 saturated heterocycles. The molecule has 4 rings (SSSR count). The number of aromatic nitrogens is 2. The van der Waals surface area contributed by atoms with Crippen LogP contribution in [0.4, 0.5) is 5.82 Å². The minimum atomic E-state index is 0.617. The Kier molecular flexibility index (Phi) is 3.92. The van der Waals surface area contributed by atoms with E-state index >= 15 is 0 Å². The molecule has 3 nitrogen and oxygen atoms in total. The molecular weight excluding hydrogens is 349 g/mol. The molecule has 118 valence electrons. The first-order valence-electron chi connectivity index (χ1n) is 7.58. The predicted octanol–water partition coefficient (Wildman–Crippen LogP) is 5.41. The number of rotatable bonds is 3. The zero-order valence-electron chi connectivity index (χ0n) is 12.6. The number of hydrogen-bond acceptors (Lipinski definition) is 4. The van der Waals surface area contributed by atoms with Crippen LogP contribution in [0.5, 0.6) is 0 Å². The van der Waals surface area contributed by atoms with E-state index < -0.39 is 0 Å². The van der Waals surface area contributed by atoms with Gasteiger partial charge in [-0.3, -0.25) is 0 Å². The van der Waals surface area contributed by atoms with E-state index in [1.165, 1.54) is 22.2 Å². The van der Waals surface area contributed by atoms with Crippen LogP contribution in [0.3, 0.4) is 0 Å². The fraction of sp³-hybridized carbons (Fsp3) is 0.294. The minimum absolute atomic E-state index is 0.617. The topological polar surface area (TPSA) is 37.8 Å². The van der Waals surface area contributed by atoms with Crippen LogP contribution in [0.2, 0.25) is 10.0 Å². The first kappa shape index (κ1) is 15.2. The molecule has 0 aliphatic heterocycles. The van der Waals surface area contributed by atoms with Crippen molar-refractivity contribution in [2.24, 2.45) is 0 Å². The van der Waals surface area contributed by atoms with Crippen LogP contribution >= 0.6 is 34.5 Å². The van der Waals surface area contributed by atoms with Crippen LogP contribution in [0, 0.1) is 6.92 Å². The molecule has 1 aliphatic carbocycles. The van der Waals surface area contributed by atoms with E-state index in [0.29, 0.717) is 16.6 Å². The van der Waals surface area contributed by atoms with Crippen molar-refractivity contribution in [2.45, 2.75) is 32.7 Å². The van der Waals surface area contributed by atoms with E-state index in [1.807, 2.05) is 19.1 Å². The first-order chi connectivity index (χ1) is 11.1. The number of benzene rings is 1. The van der Waals surface area contributed by atoms with Crippen molar-refractivity contribution < 1.29 is 0 Å². The molecule has 0 bridgehead atoms. The molecule has 1 aromatic carbocycles. The van der Waals surface area contributed by atoms with E-state index in [0.717, 1.165) is 34.9 Å². The normalized spacial score (nSPS) is 13.5. The monoisotopic (exact) mass is 363 g/mol. The van der Waals surface area contributed by atoms with Crippen molar-refractivity contribution >= 4 is 50.6 Å². The van der Waals surface area contributed by atoms with Crippen molar-refractivity contribution in [1.29, 1.82) is 0 Å². The molecule has 2 aromatic heterocycles. The summed E-state index contributed by atoms with van der Waals surface area (Å²) in [6.45, 7) is 2.55. The number of anilines is 1.